The van der Waals surface area contributed by atoms with E-state index in [-0.39, 0.29) is 12.2 Å². The highest BCUT2D eigenvalue weighted by atomic mass is 19.4. The van der Waals surface area contributed by atoms with Crippen molar-refractivity contribution in [1.29, 1.82) is 0 Å². The van der Waals surface area contributed by atoms with Gasteiger partial charge in [-0.25, -0.2) is 4.98 Å². The predicted octanol–water partition coefficient (Wildman–Crippen LogP) is 1.58. The van der Waals surface area contributed by atoms with Gasteiger partial charge in [0.05, 0.1) is 5.69 Å². The van der Waals surface area contributed by atoms with Crippen molar-refractivity contribution in [2.75, 3.05) is 0 Å². The third kappa shape index (κ3) is 3.17. The number of hydrogen-bond donors (Lipinski definition) is 1. The molecule has 3 nitrogen and oxygen atoms in total. The van der Waals surface area contributed by atoms with Crippen LogP contribution >= 0.6 is 0 Å². The molecule has 0 aliphatic carbocycles. The summed E-state index contributed by atoms with van der Waals surface area (Å²) in [4.78, 5) is 3.24. The van der Waals surface area contributed by atoms with Gasteiger partial charge in [0, 0.05) is 18.7 Å². The molecule has 1 aromatic heterocycles. The number of pyridine rings is 1. The van der Waals surface area contributed by atoms with E-state index >= 15 is 0 Å². The van der Waals surface area contributed by atoms with Crippen LogP contribution in [0.4, 0.5) is 17.6 Å². The Kier molecular flexibility index (Phi) is 2.90. The van der Waals surface area contributed by atoms with Crippen molar-refractivity contribution < 1.29 is 22.3 Å². The fourth-order valence-corrected chi connectivity index (χ4v) is 0.822. The summed E-state index contributed by atoms with van der Waals surface area (Å²) in [6, 6.07) is 1.46. The molecule has 0 radical (unpaired) electrons. The maximum Gasteiger partial charge on any atom is 0.573 e. The highest BCUT2D eigenvalue weighted by Crippen LogP contribution is 2.23. The Morgan fingerprint density at radius 3 is 2.50 bits per heavy atom. The van der Waals surface area contributed by atoms with Crippen LogP contribution in [-0.4, -0.2) is 11.3 Å². The minimum absolute atomic E-state index is 0.00995. The van der Waals surface area contributed by atoms with E-state index in [2.05, 4.69) is 9.72 Å². The minimum atomic E-state index is -4.85. The molecule has 0 atom stereocenters. The number of aromatic nitrogens is 1. The fourth-order valence-electron chi connectivity index (χ4n) is 0.822. The van der Waals surface area contributed by atoms with Gasteiger partial charge in [0.2, 0.25) is 5.95 Å². The van der Waals surface area contributed by atoms with E-state index < -0.39 is 18.1 Å². The molecule has 14 heavy (non-hydrogen) atoms. The molecule has 7 heteroatoms. The third-order valence-electron chi connectivity index (χ3n) is 1.26. The van der Waals surface area contributed by atoms with Gasteiger partial charge in [-0.2, -0.15) is 4.39 Å². The van der Waals surface area contributed by atoms with Gasteiger partial charge in [-0.3, -0.25) is 0 Å². The van der Waals surface area contributed by atoms with Crippen molar-refractivity contribution in [3.05, 3.63) is 23.8 Å². The molecule has 0 aliphatic heterocycles. The Balaban J connectivity index is 2.92. The van der Waals surface area contributed by atoms with E-state index in [4.69, 9.17) is 5.73 Å². The molecule has 1 aromatic rings. The first-order chi connectivity index (χ1) is 6.40. The summed E-state index contributed by atoms with van der Waals surface area (Å²) in [7, 11) is 0. The van der Waals surface area contributed by atoms with E-state index in [0.29, 0.717) is 6.07 Å². The van der Waals surface area contributed by atoms with Gasteiger partial charge in [0.1, 0.15) is 5.75 Å². The van der Waals surface area contributed by atoms with E-state index in [9.17, 15) is 17.6 Å². The normalized spacial score (nSPS) is 11.5. The molecule has 1 heterocycles. The number of nitrogens with two attached hydrogens (primary N) is 1. The summed E-state index contributed by atoms with van der Waals surface area (Å²) in [6.45, 7) is -0.161. The SMILES string of the molecule is NCc1cc(OC(F)(F)F)cc(F)n1. The van der Waals surface area contributed by atoms with Crippen LogP contribution in [0.5, 0.6) is 5.75 Å². The van der Waals surface area contributed by atoms with Crippen LogP contribution in [0.3, 0.4) is 0 Å². The molecule has 78 valence electrons. The van der Waals surface area contributed by atoms with Crippen molar-refractivity contribution in [1.82, 2.24) is 4.98 Å². The summed E-state index contributed by atoms with van der Waals surface area (Å²) in [6.07, 6.45) is -4.85. The average Bonchev–Trinajstić information content (AvgIpc) is 1.99. The largest absolute Gasteiger partial charge is 0.573 e. The van der Waals surface area contributed by atoms with Crippen LogP contribution < -0.4 is 10.5 Å². The maximum absolute atomic E-state index is 12.6. The number of ether oxygens (including phenoxy) is 1. The third-order valence-corrected chi connectivity index (χ3v) is 1.26. The summed E-state index contributed by atoms with van der Waals surface area (Å²) < 4.78 is 51.2. The summed E-state index contributed by atoms with van der Waals surface area (Å²) in [5, 5.41) is 0. The Morgan fingerprint density at radius 1 is 1.36 bits per heavy atom. The molecule has 0 aromatic carbocycles. The molecular weight excluding hydrogens is 204 g/mol. The van der Waals surface area contributed by atoms with Crippen LogP contribution in [0.25, 0.3) is 0 Å². The van der Waals surface area contributed by atoms with Crippen molar-refractivity contribution >= 4 is 0 Å². The lowest BCUT2D eigenvalue weighted by Gasteiger charge is -2.09. The lowest BCUT2D eigenvalue weighted by molar-refractivity contribution is -0.274. The first kappa shape index (κ1) is 10.7. The van der Waals surface area contributed by atoms with Gasteiger partial charge in [-0.1, -0.05) is 0 Å². The Hall–Kier alpha value is -1.37. The molecule has 0 fully saturated rings. The standard InChI is InChI=1S/C7H6F4N2O/c8-6-2-5(14-7(9,10)11)1-4(3-12)13-6/h1-2H,3,12H2. The molecule has 0 amide bonds. The molecular formula is C7H6F4N2O. The fraction of sp³-hybridized carbons (Fsp3) is 0.286. The highest BCUT2D eigenvalue weighted by Gasteiger charge is 2.31. The number of alkyl halides is 3. The second-order valence-electron chi connectivity index (χ2n) is 2.37. The maximum atomic E-state index is 12.6. The van der Waals surface area contributed by atoms with Crippen molar-refractivity contribution in [2.24, 2.45) is 5.73 Å². The quantitative estimate of drug-likeness (QED) is 0.595. The van der Waals surface area contributed by atoms with Crippen LogP contribution in [0, 0.1) is 5.95 Å². The smallest absolute Gasteiger partial charge is 0.406 e. The highest BCUT2D eigenvalue weighted by molar-refractivity contribution is 5.23. The van der Waals surface area contributed by atoms with E-state index in [1.165, 1.54) is 0 Å². The van der Waals surface area contributed by atoms with Gasteiger partial charge in [-0.15, -0.1) is 13.2 Å². The Morgan fingerprint density at radius 2 is 2.00 bits per heavy atom. The van der Waals surface area contributed by atoms with Crippen molar-refractivity contribution in [3.63, 3.8) is 0 Å². The second kappa shape index (κ2) is 3.79. The first-order valence-corrected chi connectivity index (χ1v) is 3.53. The summed E-state index contributed by atoms with van der Waals surface area (Å²) in [5.74, 6) is -1.72. The molecule has 0 unspecified atom stereocenters. The predicted molar refractivity (Wildman–Crippen MR) is 38.8 cm³/mol. The first-order valence-electron chi connectivity index (χ1n) is 3.53. The number of nitrogens with zero attached hydrogens (tertiary/aromatic N) is 1. The number of hydrogen-bond acceptors (Lipinski definition) is 3. The average molecular weight is 210 g/mol. The van der Waals surface area contributed by atoms with E-state index in [1.54, 1.807) is 0 Å². The molecule has 0 saturated carbocycles. The van der Waals surface area contributed by atoms with E-state index in [0.717, 1.165) is 6.07 Å². The van der Waals surface area contributed by atoms with Gasteiger partial charge < -0.3 is 10.5 Å². The van der Waals surface area contributed by atoms with Gasteiger partial charge in [0.25, 0.3) is 0 Å². The molecule has 0 spiro atoms. The van der Waals surface area contributed by atoms with Crippen molar-refractivity contribution in [3.8, 4) is 5.75 Å². The second-order valence-corrected chi connectivity index (χ2v) is 2.37. The van der Waals surface area contributed by atoms with E-state index in [1.807, 2.05) is 0 Å². The van der Waals surface area contributed by atoms with Gasteiger partial charge in [-0.05, 0) is 0 Å². The minimum Gasteiger partial charge on any atom is -0.406 e. The van der Waals surface area contributed by atoms with Crippen molar-refractivity contribution in [2.45, 2.75) is 12.9 Å². The zero-order chi connectivity index (χ0) is 10.8. The molecule has 0 saturated heterocycles. The van der Waals surface area contributed by atoms with Crippen LogP contribution in [0.15, 0.2) is 12.1 Å². The molecule has 0 bridgehead atoms. The lowest BCUT2D eigenvalue weighted by atomic mass is 10.3. The lowest BCUT2D eigenvalue weighted by Crippen LogP contribution is -2.17. The molecule has 2 N–H and O–H groups in total. The Labute approximate surface area is 76.5 Å². The summed E-state index contributed by atoms with van der Waals surface area (Å²) >= 11 is 0. The number of rotatable bonds is 2. The van der Waals surface area contributed by atoms with Crippen LogP contribution in [0.1, 0.15) is 5.69 Å². The monoisotopic (exact) mass is 210 g/mol. The van der Waals surface area contributed by atoms with Crippen LogP contribution in [0.2, 0.25) is 0 Å². The zero-order valence-electron chi connectivity index (χ0n) is 6.81. The topological polar surface area (TPSA) is 48.1 Å². The Bertz CT molecular complexity index is 326. The number of halogens is 4. The molecule has 1 rings (SSSR count). The van der Waals surface area contributed by atoms with Gasteiger partial charge in [0.15, 0.2) is 0 Å². The van der Waals surface area contributed by atoms with Crippen LogP contribution in [-0.2, 0) is 6.54 Å². The summed E-state index contributed by atoms with van der Waals surface area (Å²) in [5.41, 5.74) is 5.08. The zero-order valence-corrected chi connectivity index (χ0v) is 6.81. The van der Waals surface area contributed by atoms with Gasteiger partial charge >= 0.3 is 6.36 Å². The molecule has 0 aliphatic rings.